The van der Waals surface area contributed by atoms with Crippen molar-refractivity contribution in [2.75, 3.05) is 0 Å². The van der Waals surface area contributed by atoms with Gasteiger partial charge in [-0.1, -0.05) is 6.58 Å². The second-order valence-electron chi connectivity index (χ2n) is 1.91. The van der Waals surface area contributed by atoms with Crippen molar-refractivity contribution in [3.05, 3.63) is 30.6 Å². The van der Waals surface area contributed by atoms with Crippen molar-refractivity contribution in [1.29, 1.82) is 0 Å². The summed E-state index contributed by atoms with van der Waals surface area (Å²) in [6.07, 6.45) is 1.99. The van der Waals surface area contributed by atoms with Gasteiger partial charge in [0.1, 0.15) is 0 Å². The Morgan fingerprint density at radius 1 is 1.78 bits per heavy atom. The van der Waals surface area contributed by atoms with E-state index in [9.17, 15) is 0 Å². The molecule has 1 aromatic heterocycles. The Kier molecular flexibility index (Phi) is 1.76. The van der Waals surface area contributed by atoms with Gasteiger partial charge in [0.15, 0.2) is 0 Å². The molecular formula is C7H8BrN. The molecule has 0 fully saturated rings. The van der Waals surface area contributed by atoms with E-state index in [-0.39, 0.29) is 0 Å². The number of hydrogen-bond acceptors (Lipinski definition) is 0. The minimum Gasteiger partial charge on any atom is -0.350 e. The number of hydrogen-bond donors (Lipinski definition) is 0. The first kappa shape index (κ1) is 6.62. The van der Waals surface area contributed by atoms with Crippen LogP contribution in [0.4, 0.5) is 0 Å². The van der Waals surface area contributed by atoms with Gasteiger partial charge in [-0.2, -0.15) is 0 Å². The number of rotatable bonds is 1. The summed E-state index contributed by atoms with van der Waals surface area (Å²) >= 11 is 3.30. The van der Waals surface area contributed by atoms with Crippen molar-refractivity contribution in [3.63, 3.8) is 0 Å². The van der Waals surface area contributed by atoms with Crippen molar-refractivity contribution in [1.82, 2.24) is 4.57 Å². The van der Waals surface area contributed by atoms with Gasteiger partial charge in [-0.25, -0.2) is 0 Å². The minimum atomic E-state index is 0.926. The maximum atomic E-state index is 3.75. The first-order chi connectivity index (χ1) is 4.22. The fourth-order valence-corrected chi connectivity index (χ4v) is 1.15. The van der Waals surface area contributed by atoms with Crippen molar-refractivity contribution in [2.45, 2.75) is 0 Å². The fraction of sp³-hybridized carbons (Fsp3) is 0.143. The fourth-order valence-electron chi connectivity index (χ4n) is 0.743. The lowest BCUT2D eigenvalue weighted by atomic mass is 10.4. The molecule has 1 aromatic rings. The third-order valence-corrected chi connectivity index (χ3v) is 1.63. The molecule has 0 atom stereocenters. The summed E-state index contributed by atoms with van der Waals surface area (Å²) in [4.78, 5) is 0. The van der Waals surface area contributed by atoms with E-state index in [1.807, 2.05) is 29.9 Å². The van der Waals surface area contributed by atoms with Gasteiger partial charge >= 0.3 is 0 Å². The zero-order valence-electron chi connectivity index (χ0n) is 5.26. The van der Waals surface area contributed by atoms with E-state index in [2.05, 4.69) is 22.5 Å². The van der Waals surface area contributed by atoms with Gasteiger partial charge in [-0.05, 0) is 28.1 Å². The Hall–Kier alpha value is -0.500. The third kappa shape index (κ3) is 1.24. The van der Waals surface area contributed by atoms with Crippen LogP contribution in [-0.2, 0) is 7.05 Å². The van der Waals surface area contributed by atoms with E-state index in [4.69, 9.17) is 0 Å². The molecule has 0 saturated heterocycles. The number of nitrogens with zero attached hydrogens (tertiary/aromatic N) is 1. The van der Waals surface area contributed by atoms with Crippen molar-refractivity contribution in [3.8, 4) is 0 Å². The average molecular weight is 186 g/mol. The molecule has 0 spiro atoms. The standard InChI is InChI=1S/C7H8BrN/c1-6(8)7-4-3-5-9(7)2/h3-5H,1H2,2H3. The second kappa shape index (κ2) is 2.40. The third-order valence-electron chi connectivity index (χ3n) is 1.22. The summed E-state index contributed by atoms with van der Waals surface area (Å²) in [6.45, 7) is 3.75. The molecule has 0 aliphatic rings. The van der Waals surface area contributed by atoms with Crippen LogP contribution >= 0.6 is 15.9 Å². The topological polar surface area (TPSA) is 4.93 Å². The average Bonchev–Trinajstić information content (AvgIpc) is 2.13. The number of aromatic nitrogens is 1. The predicted molar refractivity (Wildman–Crippen MR) is 43.4 cm³/mol. The first-order valence-electron chi connectivity index (χ1n) is 2.68. The summed E-state index contributed by atoms with van der Waals surface area (Å²) < 4.78 is 2.94. The zero-order valence-corrected chi connectivity index (χ0v) is 6.85. The van der Waals surface area contributed by atoms with Crippen LogP contribution in [0.3, 0.4) is 0 Å². The Bertz CT molecular complexity index is 225. The van der Waals surface area contributed by atoms with Crippen LogP contribution in [0.1, 0.15) is 5.69 Å². The molecule has 9 heavy (non-hydrogen) atoms. The maximum Gasteiger partial charge on any atom is 0.0542 e. The molecule has 0 unspecified atom stereocenters. The Balaban J connectivity index is 3.08. The van der Waals surface area contributed by atoms with Crippen LogP contribution in [0.25, 0.3) is 4.48 Å². The Labute approximate surface area is 63.1 Å². The van der Waals surface area contributed by atoms with Gasteiger partial charge in [-0.15, -0.1) is 0 Å². The van der Waals surface area contributed by atoms with Gasteiger partial charge in [0.2, 0.25) is 0 Å². The van der Waals surface area contributed by atoms with Crippen LogP contribution in [0.5, 0.6) is 0 Å². The van der Waals surface area contributed by atoms with Gasteiger partial charge in [0.05, 0.1) is 5.69 Å². The molecule has 0 radical (unpaired) electrons. The number of aryl methyl sites for hydroxylation is 1. The molecule has 48 valence electrons. The molecule has 0 aromatic carbocycles. The van der Waals surface area contributed by atoms with E-state index in [0.717, 1.165) is 10.2 Å². The van der Waals surface area contributed by atoms with Crippen molar-refractivity contribution in [2.24, 2.45) is 7.05 Å². The number of halogens is 1. The van der Waals surface area contributed by atoms with Crippen LogP contribution in [-0.4, -0.2) is 4.57 Å². The highest BCUT2D eigenvalue weighted by molar-refractivity contribution is 9.15. The highest BCUT2D eigenvalue weighted by Gasteiger charge is 1.95. The molecule has 0 saturated carbocycles. The van der Waals surface area contributed by atoms with Crippen molar-refractivity contribution < 1.29 is 0 Å². The quantitative estimate of drug-likeness (QED) is 0.634. The molecule has 0 bridgehead atoms. The summed E-state index contributed by atoms with van der Waals surface area (Å²) in [5, 5.41) is 0. The lowest BCUT2D eigenvalue weighted by Gasteiger charge is -1.97. The molecule has 1 nitrogen and oxygen atoms in total. The molecule has 1 heterocycles. The largest absolute Gasteiger partial charge is 0.350 e. The molecule has 0 N–H and O–H groups in total. The second-order valence-corrected chi connectivity index (χ2v) is 2.87. The van der Waals surface area contributed by atoms with E-state index in [0.29, 0.717) is 0 Å². The normalized spacial score (nSPS) is 9.56. The molecule has 0 aliphatic heterocycles. The molecular weight excluding hydrogens is 178 g/mol. The molecule has 1 rings (SSSR count). The first-order valence-corrected chi connectivity index (χ1v) is 3.47. The zero-order chi connectivity index (χ0) is 6.85. The lowest BCUT2D eigenvalue weighted by Crippen LogP contribution is -1.88. The van der Waals surface area contributed by atoms with Crippen LogP contribution in [0, 0.1) is 0 Å². The highest BCUT2D eigenvalue weighted by Crippen LogP contribution is 2.17. The summed E-state index contributed by atoms with van der Waals surface area (Å²) in [5.41, 5.74) is 1.12. The van der Waals surface area contributed by atoms with Gasteiger partial charge in [-0.3, -0.25) is 0 Å². The van der Waals surface area contributed by atoms with Gasteiger partial charge < -0.3 is 4.57 Å². The SMILES string of the molecule is C=C(Br)c1cccn1C. The highest BCUT2D eigenvalue weighted by atomic mass is 79.9. The minimum absolute atomic E-state index is 0.926. The Morgan fingerprint density at radius 2 is 2.44 bits per heavy atom. The lowest BCUT2D eigenvalue weighted by molar-refractivity contribution is 0.914. The summed E-state index contributed by atoms with van der Waals surface area (Å²) in [5.74, 6) is 0. The van der Waals surface area contributed by atoms with E-state index in [1.165, 1.54) is 0 Å². The van der Waals surface area contributed by atoms with E-state index in [1.54, 1.807) is 0 Å². The van der Waals surface area contributed by atoms with Crippen molar-refractivity contribution >= 4 is 20.4 Å². The smallest absolute Gasteiger partial charge is 0.0542 e. The maximum absolute atomic E-state index is 3.75. The van der Waals surface area contributed by atoms with Crippen LogP contribution in [0.15, 0.2) is 24.9 Å². The van der Waals surface area contributed by atoms with E-state index < -0.39 is 0 Å². The molecule has 2 heteroatoms. The van der Waals surface area contributed by atoms with Crippen LogP contribution in [0.2, 0.25) is 0 Å². The molecule has 0 aliphatic carbocycles. The van der Waals surface area contributed by atoms with Crippen LogP contribution < -0.4 is 0 Å². The van der Waals surface area contributed by atoms with Gasteiger partial charge in [0.25, 0.3) is 0 Å². The predicted octanol–water partition coefficient (Wildman–Crippen LogP) is 2.39. The Morgan fingerprint density at radius 3 is 2.67 bits per heavy atom. The monoisotopic (exact) mass is 185 g/mol. The molecule has 0 amide bonds. The summed E-state index contributed by atoms with van der Waals surface area (Å²) in [6, 6.07) is 4.00. The van der Waals surface area contributed by atoms with E-state index >= 15 is 0 Å². The van der Waals surface area contributed by atoms with Gasteiger partial charge in [0, 0.05) is 17.7 Å². The summed E-state index contributed by atoms with van der Waals surface area (Å²) in [7, 11) is 1.99.